The first-order valence-electron chi connectivity index (χ1n) is 10.1. The molecule has 31 heavy (non-hydrogen) atoms. The van der Waals surface area contributed by atoms with Gasteiger partial charge in [-0.3, -0.25) is 0 Å². The lowest BCUT2D eigenvalue weighted by Crippen LogP contribution is -2.16. The molecule has 0 saturated heterocycles. The Bertz CT molecular complexity index is 1170. The van der Waals surface area contributed by atoms with Crippen LogP contribution in [0.1, 0.15) is 5.56 Å². The van der Waals surface area contributed by atoms with Crippen molar-refractivity contribution in [3.8, 4) is 28.6 Å². The SMILES string of the molecule is COc1nc(-c2cccc3c2OCCO3)ccc1Nc1ccc(Cn2ccnc2)cc1. The van der Waals surface area contributed by atoms with E-state index in [0.29, 0.717) is 19.1 Å². The molecule has 0 bridgehead atoms. The minimum Gasteiger partial charge on any atom is -0.486 e. The first kappa shape index (κ1) is 19.0. The molecule has 5 rings (SSSR count). The minimum atomic E-state index is 0.509. The fraction of sp³-hybridized carbons (Fsp3) is 0.167. The van der Waals surface area contributed by atoms with Crippen molar-refractivity contribution in [3.63, 3.8) is 0 Å². The first-order chi connectivity index (χ1) is 15.3. The number of rotatable bonds is 6. The molecule has 1 aliphatic rings. The highest BCUT2D eigenvalue weighted by molar-refractivity contribution is 5.74. The number of anilines is 2. The van der Waals surface area contributed by atoms with Crippen LogP contribution in [0.3, 0.4) is 0 Å². The molecule has 7 heteroatoms. The summed E-state index contributed by atoms with van der Waals surface area (Å²) in [5.74, 6) is 1.97. The second kappa shape index (κ2) is 8.39. The standard InChI is InChI=1S/C24H22N4O3/c1-29-24-21(26-18-7-5-17(6-8-18)15-28-12-11-25-16-28)10-9-20(27-24)19-3-2-4-22-23(19)31-14-13-30-22/h2-12,16,26H,13-15H2,1H3. The molecule has 3 heterocycles. The van der Waals surface area contributed by atoms with Crippen molar-refractivity contribution in [1.29, 1.82) is 0 Å². The van der Waals surface area contributed by atoms with Crippen LogP contribution in [0.5, 0.6) is 17.4 Å². The van der Waals surface area contributed by atoms with Gasteiger partial charge in [0.1, 0.15) is 18.9 Å². The van der Waals surface area contributed by atoms with Gasteiger partial charge in [0.2, 0.25) is 5.88 Å². The van der Waals surface area contributed by atoms with E-state index in [1.54, 1.807) is 13.3 Å². The number of nitrogens with one attached hydrogen (secondary N) is 1. The van der Waals surface area contributed by atoms with Crippen LogP contribution in [-0.4, -0.2) is 34.9 Å². The Kier molecular flexibility index (Phi) is 5.14. The van der Waals surface area contributed by atoms with E-state index >= 15 is 0 Å². The molecular formula is C24H22N4O3. The van der Waals surface area contributed by atoms with Crippen molar-refractivity contribution >= 4 is 11.4 Å². The molecule has 0 atom stereocenters. The number of para-hydroxylation sites is 1. The number of imidazole rings is 1. The van der Waals surface area contributed by atoms with Gasteiger partial charge in [0.25, 0.3) is 0 Å². The predicted octanol–water partition coefficient (Wildman–Crippen LogP) is 4.52. The second-order valence-corrected chi connectivity index (χ2v) is 7.14. The summed E-state index contributed by atoms with van der Waals surface area (Å²) in [4.78, 5) is 8.78. The zero-order valence-electron chi connectivity index (χ0n) is 17.1. The highest BCUT2D eigenvalue weighted by Gasteiger charge is 2.18. The van der Waals surface area contributed by atoms with Gasteiger partial charge in [0, 0.05) is 30.2 Å². The quantitative estimate of drug-likeness (QED) is 0.500. The van der Waals surface area contributed by atoms with E-state index in [0.717, 1.165) is 40.7 Å². The average Bonchev–Trinajstić information content (AvgIpc) is 3.33. The van der Waals surface area contributed by atoms with E-state index in [9.17, 15) is 0 Å². The van der Waals surface area contributed by atoms with E-state index in [1.807, 2.05) is 59.6 Å². The molecule has 4 aromatic rings. The van der Waals surface area contributed by atoms with Crippen molar-refractivity contribution in [2.75, 3.05) is 25.6 Å². The molecular weight excluding hydrogens is 392 g/mol. The Hall–Kier alpha value is -4.00. The molecule has 1 aliphatic heterocycles. The smallest absolute Gasteiger partial charge is 0.238 e. The number of methoxy groups -OCH3 is 1. The molecule has 0 spiro atoms. The Morgan fingerprint density at radius 3 is 2.71 bits per heavy atom. The van der Waals surface area contributed by atoms with Gasteiger partial charge in [0.05, 0.1) is 19.1 Å². The van der Waals surface area contributed by atoms with Crippen LogP contribution >= 0.6 is 0 Å². The predicted molar refractivity (Wildman–Crippen MR) is 118 cm³/mol. The third-order valence-electron chi connectivity index (χ3n) is 5.05. The second-order valence-electron chi connectivity index (χ2n) is 7.14. The van der Waals surface area contributed by atoms with E-state index in [4.69, 9.17) is 19.2 Å². The summed E-state index contributed by atoms with van der Waals surface area (Å²) in [7, 11) is 1.62. The fourth-order valence-corrected chi connectivity index (χ4v) is 3.56. The minimum absolute atomic E-state index is 0.509. The molecule has 1 N–H and O–H groups in total. The van der Waals surface area contributed by atoms with Crippen molar-refractivity contribution in [2.45, 2.75) is 6.54 Å². The summed E-state index contributed by atoms with van der Waals surface area (Å²) in [5, 5.41) is 3.39. The maximum atomic E-state index is 5.83. The van der Waals surface area contributed by atoms with Crippen LogP contribution in [0.25, 0.3) is 11.3 Å². The van der Waals surface area contributed by atoms with Gasteiger partial charge in [0.15, 0.2) is 11.5 Å². The molecule has 156 valence electrons. The Labute approximate surface area is 180 Å². The summed E-state index contributed by atoms with van der Waals surface area (Å²) in [6, 6.07) is 18.0. The number of hydrogen-bond donors (Lipinski definition) is 1. The van der Waals surface area contributed by atoms with Crippen LogP contribution < -0.4 is 19.5 Å². The number of aromatic nitrogens is 3. The van der Waals surface area contributed by atoms with Crippen molar-refractivity contribution < 1.29 is 14.2 Å². The van der Waals surface area contributed by atoms with E-state index in [1.165, 1.54) is 5.56 Å². The van der Waals surface area contributed by atoms with Gasteiger partial charge in [-0.2, -0.15) is 0 Å². The zero-order chi connectivity index (χ0) is 21.0. The summed E-state index contributed by atoms with van der Waals surface area (Å²) in [6.07, 6.45) is 5.54. The van der Waals surface area contributed by atoms with Gasteiger partial charge in [-0.1, -0.05) is 18.2 Å². The Morgan fingerprint density at radius 2 is 1.90 bits per heavy atom. The largest absolute Gasteiger partial charge is 0.486 e. The normalized spacial score (nSPS) is 12.4. The lowest BCUT2D eigenvalue weighted by Gasteiger charge is -2.21. The maximum Gasteiger partial charge on any atom is 0.238 e. The summed E-state index contributed by atoms with van der Waals surface area (Å²) < 4.78 is 19.1. The number of hydrogen-bond acceptors (Lipinski definition) is 6. The van der Waals surface area contributed by atoms with Crippen molar-refractivity contribution in [3.05, 3.63) is 78.9 Å². The zero-order valence-corrected chi connectivity index (χ0v) is 17.1. The summed E-state index contributed by atoms with van der Waals surface area (Å²) in [6.45, 7) is 1.86. The van der Waals surface area contributed by atoms with Gasteiger partial charge in [-0.25, -0.2) is 9.97 Å². The average molecular weight is 414 g/mol. The van der Waals surface area contributed by atoms with Crippen molar-refractivity contribution in [2.24, 2.45) is 0 Å². The van der Waals surface area contributed by atoms with Crippen LogP contribution in [0.2, 0.25) is 0 Å². The van der Waals surface area contributed by atoms with Crippen molar-refractivity contribution in [1.82, 2.24) is 14.5 Å². The molecule has 0 saturated carbocycles. The first-order valence-corrected chi connectivity index (χ1v) is 10.1. The Morgan fingerprint density at radius 1 is 1.03 bits per heavy atom. The Balaban J connectivity index is 1.37. The van der Waals surface area contributed by atoms with E-state index < -0.39 is 0 Å². The van der Waals surface area contributed by atoms with Crippen LogP contribution in [0.15, 0.2) is 73.3 Å². The topological polar surface area (TPSA) is 70.4 Å². The number of benzene rings is 2. The van der Waals surface area contributed by atoms with E-state index in [2.05, 4.69) is 22.4 Å². The molecule has 7 nitrogen and oxygen atoms in total. The molecule has 0 unspecified atom stereocenters. The van der Waals surface area contributed by atoms with E-state index in [-0.39, 0.29) is 0 Å². The molecule has 0 amide bonds. The van der Waals surface area contributed by atoms with Crippen LogP contribution in [0, 0.1) is 0 Å². The monoisotopic (exact) mass is 414 g/mol. The van der Waals surface area contributed by atoms with Gasteiger partial charge in [-0.05, 0) is 42.0 Å². The summed E-state index contributed by atoms with van der Waals surface area (Å²) in [5.41, 5.74) is 4.58. The number of pyridine rings is 1. The lowest BCUT2D eigenvalue weighted by molar-refractivity contribution is 0.172. The maximum absolute atomic E-state index is 5.83. The van der Waals surface area contributed by atoms with Crippen LogP contribution in [0.4, 0.5) is 11.4 Å². The highest BCUT2D eigenvalue weighted by atomic mass is 16.6. The molecule has 0 fully saturated rings. The number of fused-ring (bicyclic) bond motifs is 1. The lowest BCUT2D eigenvalue weighted by atomic mass is 10.1. The third-order valence-corrected chi connectivity index (χ3v) is 5.05. The number of nitrogens with zero attached hydrogens (tertiary/aromatic N) is 3. The molecule has 0 aliphatic carbocycles. The number of ether oxygens (including phenoxy) is 3. The molecule has 0 radical (unpaired) electrons. The summed E-state index contributed by atoms with van der Waals surface area (Å²) >= 11 is 0. The van der Waals surface area contributed by atoms with Gasteiger partial charge >= 0.3 is 0 Å². The van der Waals surface area contributed by atoms with Gasteiger partial charge < -0.3 is 24.1 Å². The fourth-order valence-electron chi connectivity index (χ4n) is 3.56. The van der Waals surface area contributed by atoms with Gasteiger partial charge in [-0.15, -0.1) is 0 Å². The third kappa shape index (κ3) is 4.02. The highest BCUT2D eigenvalue weighted by Crippen LogP contribution is 2.40. The van der Waals surface area contributed by atoms with Crippen LogP contribution in [-0.2, 0) is 6.54 Å². The molecule has 2 aromatic heterocycles. The molecule has 2 aromatic carbocycles.